The lowest BCUT2D eigenvalue weighted by Crippen LogP contribution is -2.58. The molecule has 0 saturated heterocycles. The lowest BCUT2D eigenvalue weighted by atomic mass is 9.95. The number of allylic oxidation sites excluding steroid dienone is 2. The Morgan fingerprint density at radius 3 is 2.39 bits per heavy atom. The molecule has 0 aromatic heterocycles. The predicted molar refractivity (Wildman–Crippen MR) is 158 cm³/mol. The molecule has 1 aromatic rings. The second kappa shape index (κ2) is 17.5. The topological polar surface area (TPSA) is 148 Å². The first-order valence-electron chi connectivity index (χ1n) is 15.4. The van der Waals surface area contributed by atoms with Crippen LogP contribution in [0.15, 0.2) is 55.6 Å². The first-order valence-corrected chi connectivity index (χ1v) is 13.9. The molecule has 11 heteroatoms. The van der Waals surface area contributed by atoms with Gasteiger partial charge in [-0.25, -0.2) is 9.80 Å². The van der Waals surface area contributed by atoms with Crippen LogP contribution >= 0.6 is 0 Å². The first-order chi connectivity index (χ1) is 20.9. The number of hydrazine groups is 1. The predicted octanol–water partition coefficient (Wildman–Crippen LogP) is 5.01. The summed E-state index contributed by atoms with van der Waals surface area (Å²) in [5.41, 5.74) is -0.0939. The van der Waals surface area contributed by atoms with E-state index >= 15 is 0 Å². The van der Waals surface area contributed by atoms with E-state index in [1.807, 2.05) is 5.32 Å². The molecule has 0 radical (unpaired) electrons. The van der Waals surface area contributed by atoms with Crippen molar-refractivity contribution < 1.29 is 28.0 Å². The highest BCUT2D eigenvalue weighted by molar-refractivity contribution is 5.98. The Morgan fingerprint density at radius 2 is 1.73 bits per heavy atom. The third kappa shape index (κ3) is 11.9. The number of hydrogen-bond acceptors (Lipinski definition) is 7. The quantitative estimate of drug-likeness (QED) is 0.0613. The van der Waals surface area contributed by atoms with Gasteiger partial charge < -0.3 is 9.47 Å². The normalized spacial score (nSPS) is 14.8. The van der Waals surface area contributed by atoms with Crippen LogP contribution in [0.3, 0.4) is 0 Å². The lowest BCUT2D eigenvalue weighted by Gasteiger charge is -2.35. The van der Waals surface area contributed by atoms with Gasteiger partial charge in [-0.1, -0.05) is 48.9 Å². The molecule has 0 bridgehead atoms. The zero-order valence-corrected chi connectivity index (χ0v) is 23.6. The van der Waals surface area contributed by atoms with Crippen LogP contribution in [0.1, 0.15) is 80.3 Å². The molecular formula is C30H44N6O5. The van der Waals surface area contributed by atoms with Gasteiger partial charge in [-0.3, -0.25) is 36.1 Å². The van der Waals surface area contributed by atoms with Gasteiger partial charge in [0.2, 0.25) is 17.8 Å². The molecule has 0 unspecified atom stereocenters. The molecule has 2 amide bonds. The largest absolute Gasteiger partial charge is 0.458 e. The summed E-state index contributed by atoms with van der Waals surface area (Å²) in [7, 11) is 0. The Bertz CT molecular complexity index is 1160. The summed E-state index contributed by atoms with van der Waals surface area (Å²) in [5, 5.41) is 22.2. The van der Waals surface area contributed by atoms with E-state index in [2.05, 4.69) is 18.5 Å². The Morgan fingerprint density at radius 1 is 1.02 bits per heavy atom. The maximum absolute atomic E-state index is 13.3. The van der Waals surface area contributed by atoms with Crippen LogP contribution < -0.4 is 10.6 Å². The van der Waals surface area contributed by atoms with E-state index < -0.39 is 49.0 Å². The molecule has 224 valence electrons. The molecule has 0 atom stereocenters. The first kappa shape index (κ1) is 28.4. The number of unbranched alkanes of at least 4 members (excludes halogenated alkanes) is 3. The summed E-state index contributed by atoms with van der Waals surface area (Å²) in [5.74, 6) is -3.20. The monoisotopic (exact) mass is 571 g/mol. The van der Waals surface area contributed by atoms with Crippen molar-refractivity contribution in [1.82, 2.24) is 20.7 Å². The Hall–Kier alpha value is -4.15. The van der Waals surface area contributed by atoms with Gasteiger partial charge in [0.1, 0.15) is 18.8 Å². The van der Waals surface area contributed by atoms with Crippen LogP contribution in [0.25, 0.3) is 0 Å². The fourth-order valence-corrected chi connectivity index (χ4v) is 4.47. The molecule has 0 spiro atoms. The second-order valence-corrected chi connectivity index (χ2v) is 9.88. The number of hydrogen-bond donors (Lipinski definition) is 4. The highest BCUT2D eigenvalue weighted by Gasteiger charge is 2.38. The minimum atomic E-state index is -3.17. The van der Waals surface area contributed by atoms with E-state index in [4.69, 9.17) is 24.4 Å². The zero-order chi connectivity index (χ0) is 32.6. The summed E-state index contributed by atoms with van der Waals surface area (Å²) in [6.45, 7) is 3.26. The molecule has 1 aliphatic carbocycles. The van der Waals surface area contributed by atoms with Crippen molar-refractivity contribution in [3.63, 3.8) is 0 Å². The lowest BCUT2D eigenvalue weighted by molar-refractivity contribution is -0.162. The average Bonchev–Trinajstić information content (AvgIpc) is 3.42. The summed E-state index contributed by atoms with van der Waals surface area (Å²) >= 11 is 0. The molecule has 0 heterocycles. The molecule has 1 aromatic carbocycles. The van der Waals surface area contributed by atoms with E-state index in [1.54, 1.807) is 42.5 Å². The summed E-state index contributed by atoms with van der Waals surface area (Å²) < 4.78 is 35.2. The molecule has 11 nitrogen and oxygen atoms in total. The summed E-state index contributed by atoms with van der Waals surface area (Å²) in [4.78, 5) is 38.4. The summed E-state index contributed by atoms with van der Waals surface area (Å²) in [6.07, 6.45) is 9.46. The van der Waals surface area contributed by atoms with Crippen LogP contribution in [0.4, 0.5) is 4.79 Å². The van der Waals surface area contributed by atoms with Crippen molar-refractivity contribution >= 4 is 29.9 Å². The van der Waals surface area contributed by atoms with Gasteiger partial charge in [-0.05, 0) is 63.4 Å². The van der Waals surface area contributed by atoms with E-state index in [0.717, 1.165) is 32.1 Å². The van der Waals surface area contributed by atoms with E-state index in [1.165, 1.54) is 0 Å². The van der Waals surface area contributed by atoms with E-state index in [-0.39, 0.29) is 18.0 Å². The van der Waals surface area contributed by atoms with Gasteiger partial charge in [0.25, 0.3) is 0 Å². The number of amides is 2. The molecule has 1 saturated carbocycles. The number of carbonyl (C=O) groups is 3. The van der Waals surface area contributed by atoms with E-state index in [0.29, 0.717) is 42.7 Å². The average molecular weight is 572 g/mol. The van der Waals surface area contributed by atoms with Gasteiger partial charge in [-0.15, -0.1) is 13.2 Å². The zero-order valence-electron chi connectivity index (χ0n) is 26.6. The Labute approximate surface area is 247 Å². The highest BCUT2D eigenvalue weighted by atomic mass is 16.6. The number of rotatable bonds is 14. The number of guanidine groups is 2. The maximum Gasteiger partial charge on any atom is 0.414 e. The standard InChI is InChI=1S/C30H44N6O5/c1-4-6-8-9-13-18-25(37)33-28(32)36(22-26(38)41-30(19-7-5-2)20-14-15-21-30)35(3)27(31)34-29(39)40-23-24-16-11-10-12-17-24/h4-5,10-12,16-17H,1-2,6-9,13-15,18-23H2,3H3,(H2,31,34,39)(H2,32,33,37)/i3D3. The SMILES string of the molecule is [2H]C([2H])([2H])N(C(=N)NC(=O)OCc1ccccc1)N(CC(=O)OC1(CCC=C)CCCC1)C(=N)NC(=O)CCCCCC=C. The van der Waals surface area contributed by atoms with Crippen LogP contribution in [0.2, 0.25) is 0 Å². The number of ether oxygens (including phenoxy) is 2. The number of nitrogens with one attached hydrogen (secondary N) is 4. The molecule has 0 aliphatic heterocycles. The summed E-state index contributed by atoms with van der Waals surface area (Å²) in [6, 6.07) is 8.73. The van der Waals surface area contributed by atoms with Gasteiger partial charge in [0, 0.05) is 17.5 Å². The minimum absolute atomic E-state index is 0.0533. The fraction of sp³-hybridized carbons (Fsp3) is 0.500. The van der Waals surface area contributed by atoms with Crippen molar-refractivity contribution in [3.05, 3.63) is 61.2 Å². The van der Waals surface area contributed by atoms with Gasteiger partial charge in [0.05, 0.1) is 0 Å². The molecule has 1 fully saturated rings. The van der Waals surface area contributed by atoms with E-state index in [9.17, 15) is 14.4 Å². The second-order valence-electron chi connectivity index (χ2n) is 9.88. The van der Waals surface area contributed by atoms with Crippen molar-refractivity contribution in [1.29, 1.82) is 10.8 Å². The fourth-order valence-electron chi connectivity index (χ4n) is 4.47. The molecular weight excluding hydrogens is 524 g/mol. The van der Waals surface area contributed by atoms with Crippen LogP contribution in [0.5, 0.6) is 0 Å². The smallest absolute Gasteiger partial charge is 0.414 e. The minimum Gasteiger partial charge on any atom is -0.458 e. The molecule has 2 rings (SSSR count). The number of carbonyl (C=O) groups excluding carboxylic acids is 3. The van der Waals surface area contributed by atoms with Crippen molar-refractivity contribution in [3.8, 4) is 0 Å². The van der Waals surface area contributed by atoms with Crippen LogP contribution in [0, 0.1) is 10.8 Å². The van der Waals surface area contributed by atoms with Gasteiger partial charge in [-0.2, -0.15) is 0 Å². The third-order valence-corrected chi connectivity index (χ3v) is 6.64. The van der Waals surface area contributed by atoms with Crippen molar-refractivity contribution in [2.45, 2.75) is 82.8 Å². The number of esters is 1. The Balaban J connectivity index is 2.24. The number of alkyl carbamates (subject to hydrolysis) is 1. The third-order valence-electron chi connectivity index (χ3n) is 6.64. The number of nitrogens with zero attached hydrogens (tertiary/aromatic N) is 2. The maximum atomic E-state index is 13.3. The van der Waals surface area contributed by atoms with Gasteiger partial charge >= 0.3 is 12.1 Å². The molecule has 41 heavy (non-hydrogen) atoms. The van der Waals surface area contributed by atoms with Crippen molar-refractivity contribution in [2.24, 2.45) is 0 Å². The van der Waals surface area contributed by atoms with Crippen LogP contribution in [-0.4, -0.2) is 59.0 Å². The van der Waals surface area contributed by atoms with Crippen molar-refractivity contribution in [2.75, 3.05) is 13.5 Å². The van der Waals surface area contributed by atoms with Gasteiger partial charge in [0.15, 0.2) is 0 Å². The number of benzene rings is 1. The molecule has 4 N–H and O–H groups in total. The Kier molecular flexibility index (Phi) is 12.1. The highest BCUT2D eigenvalue weighted by Crippen LogP contribution is 2.37. The van der Waals surface area contributed by atoms with Crippen LogP contribution in [-0.2, 0) is 25.7 Å². The molecule has 1 aliphatic rings.